The van der Waals surface area contributed by atoms with Gasteiger partial charge in [0.1, 0.15) is 10.1 Å². The highest BCUT2D eigenvalue weighted by molar-refractivity contribution is 8.26. The highest BCUT2D eigenvalue weighted by Gasteiger charge is 2.28. The first-order valence-corrected chi connectivity index (χ1v) is 10.0. The van der Waals surface area contributed by atoms with Gasteiger partial charge in [0, 0.05) is 13.5 Å². The van der Waals surface area contributed by atoms with E-state index in [1.165, 1.54) is 16.7 Å². The maximum atomic E-state index is 12.1. The molecule has 0 atom stereocenters. The van der Waals surface area contributed by atoms with E-state index in [0.29, 0.717) is 33.9 Å². The Kier molecular flexibility index (Phi) is 6.95. The molecule has 1 amide bonds. The summed E-state index contributed by atoms with van der Waals surface area (Å²) in [7, 11) is 3.27. The van der Waals surface area contributed by atoms with Crippen molar-refractivity contribution in [2.75, 3.05) is 27.4 Å². The zero-order valence-corrected chi connectivity index (χ0v) is 17.3. The van der Waals surface area contributed by atoms with Gasteiger partial charge in [-0.15, -0.1) is 0 Å². The summed E-state index contributed by atoms with van der Waals surface area (Å²) >= 11 is 6.45. The summed E-state index contributed by atoms with van der Waals surface area (Å²) in [6.45, 7) is 1.08. The molecule has 0 radical (unpaired) electrons. The van der Waals surface area contributed by atoms with Crippen LogP contribution in [-0.2, 0) is 4.79 Å². The summed E-state index contributed by atoms with van der Waals surface area (Å²) in [6, 6.07) is 15.3. The second-order valence-electron chi connectivity index (χ2n) is 6.01. The molecule has 28 heavy (non-hydrogen) atoms. The summed E-state index contributed by atoms with van der Waals surface area (Å²) in [5, 5.41) is 0. The Morgan fingerprint density at radius 2 is 1.82 bits per heavy atom. The first-order valence-electron chi connectivity index (χ1n) is 8.78. The van der Waals surface area contributed by atoms with E-state index in [9.17, 15) is 4.79 Å². The molecule has 0 unspecified atom stereocenters. The molecule has 0 bridgehead atoms. The molecule has 1 saturated heterocycles. The monoisotopic (exact) mass is 415 g/mol. The fourth-order valence-electron chi connectivity index (χ4n) is 2.54. The van der Waals surface area contributed by atoms with E-state index in [-0.39, 0.29) is 5.91 Å². The SMILES string of the molecule is COc1cc(/C=C2/SC(=S)N(C)C2=O)ccc1OCCCOc1ccccc1. The third kappa shape index (κ3) is 5.05. The predicted molar refractivity (Wildman–Crippen MR) is 116 cm³/mol. The van der Waals surface area contributed by atoms with Crippen LogP contribution < -0.4 is 14.2 Å². The fourth-order valence-corrected chi connectivity index (χ4v) is 3.72. The number of likely N-dealkylation sites (N-methyl/N-ethyl adjacent to an activating group) is 1. The van der Waals surface area contributed by atoms with Crippen molar-refractivity contribution >= 4 is 40.3 Å². The highest BCUT2D eigenvalue weighted by Crippen LogP contribution is 2.34. The number of ether oxygens (including phenoxy) is 3. The number of amides is 1. The summed E-state index contributed by atoms with van der Waals surface area (Å²) in [5.74, 6) is 2.03. The minimum absolute atomic E-state index is 0.0901. The number of methoxy groups -OCH3 is 1. The lowest BCUT2D eigenvalue weighted by Crippen LogP contribution is -2.22. The summed E-state index contributed by atoms with van der Waals surface area (Å²) in [4.78, 5) is 14.2. The number of benzene rings is 2. The van der Waals surface area contributed by atoms with Crippen molar-refractivity contribution < 1.29 is 19.0 Å². The molecule has 0 N–H and O–H groups in total. The Balaban J connectivity index is 1.56. The summed E-state index contributed by atoms with van der Waals surface area (Å²) in [6.07, 6.45) is 2.56. The largest absolute Gasteiger partial charge is 0.493 e. The molecule has 7 heteroatoms. The third-order valence-electron chi connectivity index (χ3n) is 4.03. The quantitative estimate of drug-likeness (QED) is 0.362. The van der Waals surface area contributed by atoms with E-state index in [2.05, 4.69) is 0 Å². The lowest BCUT2D eigenvalue weighted by molar-refractivity contribution is -0.121. The van der Waals surface area contributed by atoms with Crippen molar-refractivity contribution in [2.24, 2.45) is 0 Å². The van der Waals surface area contributed by atoms with Crippen LogP contribution in [0.2, 0.25) is 0 Å². The average molecular weight is 416 g/mol. The van der Waals surface area contributed by atoms with Crippen molar-refractivity contribution in [3.63, 3.8) is 0 Å². The minimum Gasteiger partial charge on any atom is -0.493 e. The van der Waals surface area contributed by atoms with E-state index in [1.54, 1.807) is 14.2 Å². The minimum atomic E-state index is -0.0901. The Bertz CT molecular complexity index is 883. The van der Waals surface area contributed by atoms with Gasteiger partial charge in [-0.25, -0.2) is 0 Å². The number of thioether (sulfide) groups is 1. The molecule has 146 valence electrons. The van der Waals surface area contributed by atoms with Gasteiger partial charge < -0.3 is 14.2 Å². The molecule has 1 aliphatic heterocycles. The van der Waals surface area contributed by atoms with Crippen molar-refractivity contribution in [1.82, 2.24) is 4.90 Å². The lowest BCUT2D eigenvalue weighted by atomic mass is 10.2. The van der Waals surface area contributed by atoms with Crippen molar-refractivity contribution in [2.45, 2.75) is 6.42 Å². The zero-order chi connectivity index (χ0) is 19.9. The zero-order valence-electron chi connectivity index (χ0n) is 15.7. The van der Waals surface area contributed by atoms with E-state index in [0.717, 1.165) is 17.7 Å². The molecule has 0 aliphatic carbocycles. The van der Waals surface area contributed by atoms with E-state index in [1.807, 2.05) is 54.6 Å². The number of nitrogens with zero attached hydrogens (tertiary/aromatic N) is 1. The Hall–Kier alpha value is -2.51. The summed E-state index contributed by atoms with van der Waals surface area (Å²) in [5.41, 5.74) is 0.852. The number of para-hydroxylation sites is 1. The second kappa shape index (κ2) is 9.61. The maximum absolute atomic E-state index is 12.1. The van der Waals surface area contributed by atoms with Crippen LogP contribution in [0.3, 0.4) is 0 Å². The van der Waals surface area contributed by atoms with Crippen LogP contribution in [0.25, 0.3) is 6.08 Å². The van der Waals surface area contributed by atoms with E-state index in [4.69, 9.17) is 26.4 Å². The van der Waals surface area contributed by atoms with Crippen LogP contribution in [0.1, 0.15) is 12.0 Å². The van der Waals surface area contributed by atoms with Crippen LogP contribution in [0.5, 0.6) is 17.2 Å². The molecule has 0 aromatic heterocycles. The number of hydrogen-bond donors (Lipinski definition) is 0. The topological polar surface area (TPSA) is 48.0 Å². The standard InChI is InChI=1S/C21H21NO4S2/c1-22-20(23)19(28-21(22)27)14-15-9-10-17(18(13-15)24-2)26-12-6-11-25-16-7-4-3-5-8-16/h3-5,7-10,13-14H,6,11-12H2,1-2H3/b19-14+. The van der Waals surface area contributed by atoms with Crippen LogP contribution in [-0.4, -0.2) is 42.5 Å². The van der Waals surface area contributed by atoms with Gasteiger partial charge in [-0.3, -0.25) is 9.69 Å². The molecule has 2 aromatic rings. The van der Waals surface area contributed by atoms with Crippen LogP contribution in [0.4, 0.5) is 0 Å². The fraction of sp³-hybridized carbons (Fsp3) is 0.238. The number of carbonyl (C=O) groups is 1. The third-order valence-corrected chi connectivity index (χ3v) is 5.51. The first-order chi connectivity index (χ1) is 13.6. The molecule has 1 fully saturated rings. The average Bonchev–Trinajstić information content (AvgIpc) is 2.96. The number of thiocarbonyl (C=S) groups is 1. The Morgan fingerprint density at radius 1 is 1.07 bits per heavy atom. The normalized spacial score (nSPS) is 15.2. The van der Waals surface area contributed by atoms with Gasteiger partial charge in [0.15, 0.2) is 11.5 Å². The number of hydrogen-bond acceptors (Lipinski definition) is 6. The van der Waals surface area contributed by atoms with Crippen molar-refractivity contribution in [3.05, 3.63) is 59.0 Å². The Labute approximate surface area is 174 Å². The van der Waals surface area contributed by atoms with Gasteiger partial charge >= 0.3 is 0 Å². The molecule has 5 nitrogen and oxygen atoms in total. The van der Waals surface area contributed by atoms with Crippen LogP contribution in [0.15, 0.2) is 53.4 Å². The van der Waals surface area contributed by atoms with Gasteiger partial charge in [0.2, 0.25) is 0 Å². The van der Waals surface area contributed by atoms with Gasteiger partial charge in [0.25, 0.3) is 5.91 Å². The molecule has 1 heterocycles. The first kappa shape index (κ1) is 20.2. The van der Waals surface area contributed by atoms with E-state index >= 15 is 0 Å². The van der Waals surface area contributed by atoms with Crippen LogP contribution >= 0.6 is 24.0 Å². The van der Waals surface area contributed by atoms with Gasteiger partial charge in [0.05, 0.1) is 25.2 Å². The highest BCUT2D eigenvalue weighted by atomic mass is 32.2. The molecular formula is C21H21NO4S2. The molecule has 3 rings (SSSR count). The van der Waals surface area contributed by atoms with Gasteiger partial charge in [-0.1, -0.05) is 48.2 Å². The molecular weight excluding hydrogens is 394 g/mol. The van der Waals surface area contributed by atoms with Crippen LogP contribution in [0, 0.1) is 0 Å². The van der Waals surface area contributed by atoms with E-state index < -0.39 is 0 Å². The van der Waals surface area contributed by atoms with Crippen molar-refractivity contribution in [1.29, 1.82) is 0 Å². The summed E-state index contributed by atoms with van der Waals surface area (Å²) < 4.78 is 17.5. The molecule has 0 saturated carbocycles. The molecule has 2 aromatic carbocycles. The second-order valence-corrected chi connectivity index (χ2v) is 7.69. The molecule has 0 spiro atoms. The van der Waals surface area contributed by atoms with Gasteiger partial charge in [-0.2, -0.15) is 0 Å². The predicted octanol–water partition coefficient (Wildman–Crippen LogP) is 4.37. The van der Waals surface area contributed by atoms with Crippen molar-refractivity contribution in [3.8, 4) is 17.2 Å². The Morgan fingerprint density at radius 3 is 2.50 bits per heavy atom. The molecule has 1 aliphatic rings. The van der Waals surface area contributed by atoms with Gasteiger partial charge in [-0.05, 0) is 35.9 Å². The number of carbonyl (C=O) groups excluding carboxylic acids is 1. The number of rotatable bonds is 8. The lowest BCUT2D eigenvalue weighted by Gasteiger charge is -2.12. The maximum Gasteiger partial charge on any atom is 0.265 e. The smallest absolute Gasteiger partial charge is 0.265 e.